The van der Waals surface area contributed by atoms with E-state index in [4.69, 9.17) is 5.11 Å². The van der Waals surface area contributed by atoms with Crippen molar-refractivity contribution in [2.24, 2.45) is 0 Å². The Balaban J connectivity index is 2.81. The second-order valence-corrected chi connectivity index (χ2v) is 6.16. The summed E-state index contributed by atoms with van der Waals surface area (Å²) in [5.41, 5.74) is -0.333. The number of carboxylic acids is 1. The van der Waals surface area contributed by atoms with Gasteiger partial charge in [-0.05, 0) is 38.3 Å². The highest BCUT2D eigenvalue weighted by atomic mass is 32.2. The van der Waals surface area contributed by atoms with E-state index in [1.165, 1.54) is 12.1 Å². The van der Waals surface area contributed by atoms with Crippen LogP contribution in [0.15, 0.2) is 18.2 Å². The number of carbonyl (C=O) groups is 2. The average molecular weight is 285 g/mol. The van der Waals surface area contributed by atoms with Crippen LogP contribution in [-0.4, -0.2) is 34.5 Å². The van der Waals surface area contributed by atoms with E-state index in [1.54, 1.807) is 11.8 Å². The molecule has 1 rings (SSSR count). The van der Waals surface area contributed by atoms with E-state index in [0.29, 0.717) is 6.54 Å². The molecule has 0 spiro atoms. The highest BCUT2D eigenvalue weighted by molar-refractivity contribution is 7.99. The van der Waals surface area contributed by atoms with Gasteiger partial charge in [0.15, 0.2) is 0 Å². The molecule has 0 unspecified atom stereocenters. The second kappa shape index (κ2) is 6.06. The molecule has 0 radical (unpaired) electrons. The molecule has 0 aliphatic carbocycles. The van der Waals surface area contributed by atoms with Gasteiger partial charge in [-0.15, -0.1) is 0 Å². The number of benzene rings is 1. The summed E-state index contributed by atoms with van der Waals surface area (Å²) >= 11 is 1.59. The number of nitrogens with one attached hydrogen (secondary N) is 1. The number of hydrogen-bond acceptors (Lipinski definition) is 3. The lowest BCUT2D eigenvalue weighted by Crippen LogP contribution is -2.36. The molecule has 19 heavy (non-hydrogen) atoms. The molecule has 6 heteroatoms. The number of halogens is 1. The molecule has 0 aliphatic rings. The first-order valence-electron chi connectivity index (χ1n) is 5.63. The van der Waals surface area contributed by atoms with Crippen molar-refractivity contribution >= 4 is 23.6 Å². The third-order valence-electron chi connectivity index (χ3n) is 2.69. The van der Waals surface area contributed by atoms with E-state index in [0.717, 1.165) is 6.07 Å². The van der Waals surface area contributed by atoms with E-state index >= 15 is 0 Å². The molecule has 0 bridgehead atoms. The van der Waals surface area contributed by atoms with E-state index in [2.05, 4.69) is 5.32 Å². The van der Waals surface area contributed by atoms with E-state index in [-0.39, 0.29) is 15.9 Å². The SMILES string of the molecule is CSC(C)(C)CNC(=O)c1ccc(C(=O)O)cc1F. The van der Waals surface area contributed by atoms with E-state index in [1.807, 2.05) is 20.1 Å². The van der Waals surface area contributed by atoms with Crippen LogP contribution in [0.3, 0.4) is 0 Å². The number of carbonyl (C=O) groups excluding carboxylic acids is 1. The Bertz CT molecular complexity index is 503. The van der Waals surface area contributed by atoms with Gasteiger partial charge in [0.25, 0.3) is 5.91 Å². The van der Waals surface area contributed by atoms with E-state index < -0.39 is 17.7 Å². The first-order valence-corrected chi connectivity index (χ1v) is 6.85. The zero-order valence-corrected chi connectivity index (χ0v) is 11.8. The van der Waals surface area contributed by atoms with Gasteiger partial charge in [0.1, 0.15) is 5.82 Å². The van der Waals surface area contributed by atoms with Gasteiger partial charge in [0.2, 0.25) is 0 Å². The largest absolute Gasteiger partial charge is 0.478 e. The molecule has 4 nitrogen and oxygen atoms in total. The Hall–Kier alpha value is -1.56. The molecule has 0 aromatic heterocycles. The maximum atomic E-state index is 13.6. The van der Waals surface area contributed by atoms with Gasteiger partial charge >= 0.3 is 5.97 Å². The third-order valence-corrected chi connectivity index (χ3v) is 3.94. The van der Waals surface area contributed by atoms with Gasteiger partial charge < -0.3 is 10.4 Å². The fourth-order valence-electron chi connectivity index (χ4n) is 1.29. The second-order valence-electron chi connectivity index (χ2n) is 4.65. The van der Waals surface area contributed by atoms with Crippen molar-refractivity contribution < 1.29 is 19.1 Å². The van der Waals surface area contributed by atoms with Crippen molar-refractivity contribution in [1.29, 1.82) is 0 Å². The molecule has 0 saturated heterocycles. The number of hydrogen-bond donors (Lipinski definition) is 2. The highest BCUT2D eigenvalue weighted by Crippen LogP contribution is 2.20. The van der Waals surface area contributed by atoms with Crippen LogP contribution >= 0.6 is 11.8 Å². The molecule has 1 aromatic rings. The fourth-order valence-corrected chi connectivity index (χ4v) is 1.51. The Labute approximate surface area is 115 Å². The average Bonchev–Trinajstić information content (AvgIpc) is 2.36. The van der Waals surface area contributed by atoms with Gasteiger partial charge in [-0.3, -0.25) is 4.79 Å². The van der Waals surface area contributed by atoms with Crippen molar-refractivity contribution in [2.75, 3.05) is 12.8 Å². The van der Waals surface area contributed by atoms with Gasteiger partial charge in [-0.2, -0.15) is 11.8 Å². The van der Waals surface area contributed by atoms with Crippen molar-refractivity contribution in [2.45, 2.75) is 18.6 Å². The summed E-state index contributed by atoms with van der Waals surface area (Å²) in [5, 5.41) is 11.3. The normalized spacial score (nSPS) is 11.2. The van der Waals surface area contributed by atoms with Crippen LogP contribution in [0.25, 0.3) is 0 Å². The predicted molar refractivity (Wildman–Crippen MR) is 73.3 cm³/mol. The minimum absolute atomic E-state index is 0.146. The van der Waals surface area contributed by atoms with Gasteiger partial charge in [0.05, 0.1) is 11.1 Å². The number of thioether (sulfide) groups is 1. The maximum absolute atomic E-state index is 13.6. The summed E-state index contributed by atoms with van der Waals surface area (Å²) < 4.78 is 13.5. The quantitative estimate of drug-likeness (QED) is 0.871. The number of rotatable bonds is 5. The number of carboxylic acid groups (broad SMARTS) is 1. The van der Waals surface area contributed by atoms with Crippen molar-refractivity contribution in [3.8, 4) is 0 Å². The number of aromatic carboxylic acids is 1. The predicted octanol–water partition coefficient (Wildman–Crippen LogP) is 2.40. The summed E-state index contributed by atoms with van der Waals surface area (Å²) in [6, 6.07) is 3.23. The summed E-state index contributed by atoms with van der Waals surface area (Å²) in [5.74, 6) is -2.61. The van der Waals surface area contributed by atoms with Crippen LogP contribution in [0, 0.1) is 5.82 Å². The summed E-state index contributed by atoms with van der Waals surface area (Å²) in [6.45, 7) is 4.32. The van der Waals surface area contributed by atoms with E-state index in [9.17, 15) is 14.0 Å². The molecule has 0 aliphatic heterocycles. The maximum Gasteiger partial charge on any atom is 0.335 e. The number of amides is 1. The monoisotopic (exact) mass is 285 g/mol. The highest BCUT2D eigenvalue weighted by Gasteiger charge is 2.19. The van der Waals surface area contributed by atoms with Crippen LogP contribution in [0.1, 0.15) is 34.6 Å². The zero-order chi connectivity index (χ0) is 14.6. The molecule has 1 aromatic carbocycles. The van der Waals surface area contributed by atoms with Crippen LogP contribution in [0.2, 0.25) is 0 Å². The third kappa shape index (κ3) is 4.24. The van der Waals surface area contributed by atoms with Crippen molar-refractivity contribution in [3.63, 3.8) is 0 Å². The summed E-state index contributed by atoms with van der Waals surface area (Å²) in [6.07, 6.45) is 1.92. The zero-order valence-electron chi connectivity index (χ0n) is 11.0. The standard InChI is InChI=1S/C13H16FNO3S/c1-13(2,19-3)7-15-11(16)9-5-4-8(12(17)18)6-10(9)14/h4-6H,7H2,1-3H3,(H,15,16)(H,17,18). The fraction of sp³-hybridized carbons (Fsp3) is 0.385. The molecule has 0 heterocycles. The summed E-state index contributed by atoms with van der Waals surface area (Å²) in [4.78, 5) is 22.5. The first kappa shape index (κ1) is 15.5. The van der Waals surface area contributed by atoms with Crippen LogP contribution in [-0.2, 0) is 0 Å². The lowest BCUT2D eigenvalue weighted by molar-refractivity contribution is 0.0695. The minimum Gasteiger partial charge on any atom is -0.478 e. The first-order chi connectivity index (χ1) is 8.76. The topological polar surface area (TPSA) is 66.4 Å². The van der Waals surface area contributed by atoms with Crippen LogP contribution < -0.4 is 5.32 Å². The molecule has 2 N–H and O–H groups in total. The molecule has 0 fully saturated rings. The Morgan fingerprint density at radius 3 is 2.53 bits per heavy atom. The molecule has 104 valence electrons. The Morgan fingerprint density at radius 2 is 2.05 bits per heavy atom. The minimum atomic E-state index is -1.23. The molecule has 1 amide bonds. The smallest absolute Gasteiger partial charge is 0.335 e. The van der Waals surface area contributed by atoms with Gasteiger partial charge in [-0.1, -0.05) is 0 Å². The lowest BCUT2D eigenvalue weighted by Gasteiger charge is -2.22. The van der Waals surface area contributed by atoms with Crippen LogP contribution in [0.4, 0.5) is 4.39 Å². The van der Waals surface area contributed by atoms with Crippen molar-refractivity contribution in [1.82, 2.24) is 5.32 Å². The van der Waals surface area contributed by atoms with Gasteiger partial charge in [0, 0.05) is 11.3 Å². The molecule has 0 saturated carbocycles. The molecular weight excluding hydrogens is 269 g/mol. The molecule has 0 atom stereocenters. The molecular formula is C13H16FNO3S. The summed E-state index contributed by atoms with van der Waals surface area (Å²) in [7, 11) is 0. The Kier molecular flexibility index (Phi) is 4.94. The van der Waals surface area contributed by atoms with Crippen molar-refractivity contribution in [3.05, 3.63) is 35.1 Å². The van der Waals surface area contributed by atoms with Gasteiger partial charge in [-0.25, -0.2) is 9.18 Å². The van der Waals surface area contributed by atoms with Crippen LogP contribution in [0.5, 0.6) is 0 Å². The Morgan fingerprint density at radius 1 is 1.42 bits per heavy atom. The lowest BCUT2D eigenvalue weighted by atomic mass is 10.1.